The number of aromatic nitrogens is 2. The van der Waals surface area contributed by atoms with E-state index >= 15 is 0 Å². The van der Waals surface area contributed by atoms with Crippen molar-refractivity contribution >= 4 is 17.6 Å². The maximum atomic E-state index is 11.2. The second-order valence-electron chi connectivity index (χ2n) is 3.23. The Kier molecular flexibility index (Phi) is 2.93. The number of aromatic carboxylic acids is 1. The lowest BCUT2D eigenvalue weighted by atomic mass is 10.3. The Bertz CT molecular complexity index is 637. The van der Waals surface area contributed by atoms with Gasteiger partial charge in [-0.15, -0.1) is 0 Å². The van der Waals surface area contributed by atoms with Crippen LogP contribution in [0.2, 0.25) is 5.02 Å². The van der Waals surface area contributed by atoms with Crippen molar-refractivity contribution in [3.8, 4) is 5.69 Å². The molecule has 0 atom stereocenters. The van der Waals surface area contributed by atoms with Gasteiger partial charge in [0.1, 0.15) is 0 Å². The molecule has 1 heterocycles. The molecule has 86 valence electrons. The fourth-order valence-electron chi connectivity index (χ4n) is 1.33. The van der Waals surface area contributed by atoms with Crippen molar-refractivity contribution in [2.24, 2.45) is 0 Å². The van der Waals surface area contributed by atoms with E-state index in [2.05, 4.69) is 5.10 Å². The zero-order chi connectivity index (χ0) is 12.4. The van der Waals surface area contributed by atoms with E-state index in [0.29, 0.717) is 10.7 Å². The fraction of sp³-hybridized carbons (Fsp3) is 0. The molecule has 0 fully saturated rings. The first-order valence-electron chi connectivity index (χ1n) is 4.68. The monoisotopic (exact) mass is 250 g/mol. The maximum Gasteiger partial charge on any atom is 0.360 e. The molecule has 1 aromatic carbocycles. The summed E-state index contributed by atoms with van der Waals surface area (Å²) in [4.78, 5) is 22.0. The van der Waals surface area contributed by atoms with Crippen molar-refractivity contribution in [1.82, 2.24) is 9.78 Å². The molecule has 0 aliphatic rings. The molecule has 0 spiro atoms. The number of carboxylic acids is 1. The molecule has 2 rings (SSSR count). The number of carboxylic acid groups (broad SMARTS) is 1. The van der Waals surface area contributed by atoms with Crippen molar-refractivity contribution in [2.45, 2.75) is 0 Å². The van der Waals surface area contributed by atoms with Crippen LogP contribution in [0.15, 0.2) is 41.3 Å². The van der Waals surface area contributed by atoms with Gasteiger partial charge in [-0.25, -0.2) is 9.48 Å². The van der Waals surface area contributed by atoms with Gasteiger partial charge in [0.05, 0.1) is 10.7 Å². The second kappa shape index (κ2) is 4.39. The Morgan fingerprint density at radius 1 is 1.29 bits per heavy atom. The lowest BCUT2D eigenvalue weighted by Crippen LogP contribution is -2.20. The van der Waals surface area contributed by atoms with Gasteiger partial charge < -0.3 is 5.11 Å². The molecule has 0 saturated carbocycles. The molecule has 1 N–H and O–H groups in total. The van der Waals surface area contributed by atoms with E-state index in [1.807, 2.05) is 0 Å². The topological polar surface area (TPSA) is 72.2 Å². The Morgan fingerprint density at radius 2 is 2.00 bits per heavy atom. The number of halogens is 1. The number of para-hydroxylation sites is 1. The van der Waals surface area contributed by atoms with Gasteiger partial charge in [-0.2, -0.15) is 5.10 Å². The van der Waals surface area contributed by atoms with Crippen LogP contribution in [0.25, 0.3) is 5.69 Å². The molecule has 6 heteroatoms. The molecule has 5 nitrogen and oxygen atoms in total. The van der Waals surface area contributed by atoms with Crippen LogP contribution in [0.4, 0.5) is 0 Å². The van der Waals surface area contributed by atoms with Crippen molar-refractivity contribution in [2.75, 3.05) is 0 Å². The summed E-state index contributed by atoms with van der Waals surface area (Å²) in [6, 6.07) is 7.94. The summed E-state index contributed by atoms with van der Waals surface area (Å²) in [5.74, 6) is -1.36. The summed E-state index contributed by atoms with van der Waals surface area (Å²) < 4.78 is 1.26. The van der Waals surface area contributed by atoms with Gasteiger partial charge in [-0.1, -0.05) is 23.7 Å². The maximum absolute atomic E-state index is 11.2. The normalized spacial score (nSPS) is 10.2. The molecule has 0 bridgehead atoms. The minimum absolute atomic E-state index is 0.417. The molecule has 0 amide bonds. The lowest BCUT2D eigenvalue weighted by Gasteiger charge is -2.07. The van der Waals surface area contributed by atoms with E-state index in [9.17, 15) is 9.59 Å². The summed E-state index contributed by atoms with van der Waals surface area (Å²) >= 11 is 5.94. The fourth-order valence-corrected chi connectivity index (χ4v) is 1.55. The van der Waals surface area contributed by atoms with Crippen LogP contribution >= 0.6 is 11.6 Å². The number of carbonyl (C=O) groups is 1. The second-order valence-corrected chi connectivity index (χ2v) is 3.64. The van der Waals surface area contributed by atoms with E-state index in [1.54, 1.807) is 24.3 Å². The number of rotatable bonds is 2. The van der Waals surface area contributed by atoms with Crippen molar-refractivity contribution in [3.63, 3.8) is 0 Å². The van der Waals surface area contributed by atoms with Gasteiger partial charge in [-0.05, 0) is 12.1 Å². The van der Waals surface area contributed by atoms with Crippen molar-refractivity contribution < 1.29 is 9.90 Å². The van der Waals surface area contributed by atoms with Gasteiger partial charge in [0.25, 0.3) is 0 Å². The average molecular weight is 251 g/mol. The van der Waals surface area contributed by atoms with Crippen LogP contribution < -0.4 is 5.43 Å². The molecule has 2 aromatic rings. The molecule has 0 unspecified atom stereocenters. The van der Waals surface area contributed by atoms with Crippen LogP contribution in [-0.4, -0.2) is 20.9 Å². The lowest BCUT2D eigenvalue weighted by molar-refractivity contribution is 0.0687. The van der Waals surface area contributed by atoms with Gasteiger partial charge in [-0.3, -0.25) is 4.79 Å². The van der Waals surface area contributed by atoms with Crippen LogP contribution in [0, 0.1) is 0 Å². The van der Waals surface area contributed by atoms with E-state index < -0.39 is 17.1 Å². The molecular formula is C11H7ClN2O3. The summed E-state index contributed by atoms with van der Waals surface area (Å²) in [5.41, 5.74) is -0.662. The number of nitrogens with zero attached hydrogens (tertiary/aromatic N) is 2. The molecular weight excluding hydrogens is 244 g/mol. The standard InChI is InChI=1S/C11H7ClN2O3/c12-7-3-1-2-4-8(7)14-6-5-9(15)10(13-14)11(16)17/h1-6H,(H,16,17). The minimum Gasteiger partial charge on any atom is -0.476 e. The number of benzene rings is 1. The SMILES string of the molecule is O=C(O)c1nn(-c2ccccc2Cl)ccc1=O. The summed E-state index contributed by atoms with van der Waals surface area (Å²) in [6.45, 7) is 0. The molecule has 0 aliphatic carbocycles. The van der Waals surface area contributed by atoms with Crippen LogP contribution in [0.5, 0.6) is 0 Å². The predicted octanol–water partition coefficient (Wildman–Crippen LogP) is 1.58. The highest BCUT2D eigenvalue weighted by molar-refractivity contribution is 6.32. The van der Waals surface area contributed by atoms with E-state index in [4.69, 9.17) is 16.7 Å². The van der Waals surface area contributed by atoms with Crippen molar-refractivity contribution in [1.29, 1.82) is 0 Å². The van der Waals surface area contributed by atoms with Crippen molar-refractivity contribution in [3.05, 3.63) is 57.5 Å². The number of hydrogen-bond acceptors (Lipinski definition) is 3. The summed E-state index contributed by atoms with van der Waals surface area (Å²) in [5, 5.41) is 12.9. The van der Waals surface area contributed by atoms with Crippen LogP contribution in [0.3, 0.4) is 0 Å². The van der Waals surface area contributed by atoms with Gasteiger partial charge in [0.15, 0.2) is 0 Å². The Balaban J connectivity index is 2.62. The smallest absolute Gasteiger partial charge is 0.360 e. The first-order valence-corrected chi connectivity index (χ1v) is 5.05. The zero-order valence-corrected chi connectivity index (χ0v) is 9.26. The minimum atomic E-state index is -1.36. The molecule has 1 aromatic heterocycles. The largest absolute Gasteiger partial charge is 0.476 e. The van der Waals surface area contributed by atoms with E-state index in [-0.39, 0.29) is 0 Å². The third kappa shape index (κ3) is 2.19. The average Bonchev–Trinajstić information content (AvgIpc) is 2.30. The first kappa shape index (κ1) is 11.3. The summed E-state index contributed by atoms with van der Waals surface area (Å²) in [7, 11) is 0. The quantitative estimate of drug-likeness (QED) is 0.878. The third-order valence-electron chi connectivity index (χ3n) is 2.11. The van der Waals surface area contributed by atoms with E-state index in [0.717, 1.165) is 6.07 Å². The highest BCUT2D eigenvalue weighted by Crippen LogP contribution is 2.17. The molecule has 17 heavy (non-hydrogen) atoms. The Hall–Kier alpha value is -2.14. The van der Waals surface area contributed by atoms with Gasteiger partial charge in [0.2, 0.25) is 11.1 Å². The molecule has 0 saturated heterocycles. The highest BCUT2D eigenvalue weighted by atomic mass is 35.5. The first-order chi connectivity index (χ1) is 8.09. The highest BCUT2D eigenvalue weighted by Gasteiger charge is 2.11. The van der Waals surface area contributed by atoms with E-state index in [1.165, 1.54) is 10.9 Å². The number of hydrogen-bond donors (Lipinski definition) is 1. The zero-order valence-electron chi connectivity index (χ0n) is 8.50. The van der Waals surface area contributed by atoms with Gasteiger partial charge in [0, 0.05) is 12.3 Å². The van der Waals surface area contributed by atoms with Gasteiger partial charge >= 0.3 is 5.97 Å². The van der Waals surface area contributed by atoms with Crippen LogP contribution in [0.1, 0.15) is 10.5 Å². The van der Waals surface area contributed by atoms with Crippen LogP contribution in [-0.2, 0) is 0 Å². The third-order valence-corrected chi connectivity index (χ3v) is 2.43. The Morgan fingerprint density at radius 3 is 2.65 bits per heavy atom. The Labute approximate surface area is 101 Å². The molecule has 0 radical (unpaired) electrons. The predicted molar refractivity (Wildman–Crippen MR) is 61.8 cm³/mol. The molecule has 0 aliphatic heterocycles. The summed E-state index contributed by atoms with van der Waals surface area (Å²) in [6.07, 6.45) is 1.37.